The Morgan fingerprint density at radius 1 is 1.23 bits per heavy atom. The van der Waals surface area contributed by atoms with Crippen LogP contribution in [0.2, 0.25) is 0 Å². The quantitative estimate of drug-likeness (QED) is 0.850. The Bertz CT molecular complexity index is 514. The van der Waals surface area contributed by atoms with Gasteiger partial charge in [-0.15, -0.1) is 0 Å². The molecule has 0 spiro atoms. The van der Waals surface area contributed by atoms with Gasteiger partial charge in [-0.1, -0.05) is 33.1 Å². The van der Waals surface area contributed by atoms with Gasteiger partial charge in [-0.05, 0) is 31.1 Å². The minimum atomic E-state index is -0.425. The molecule has 4 nitrogen and oxygen atoms in total. The van der Waals surface area contributed by atoms with Crippen molar-refractivity contribution in [1.82, 2.24) is 4.90 Å². The molecule has 22 heavy (non-hydrogen) atoms. The van der Waals surface area contributed by atoms with Crippen molar-refractivity contribution in [2.24, 2.45) is 29.6 Å². The summed E-state index contributed by atoms with van der Waals surface area (Å²) in [4.78, 5) is 15.5. The zero-order chi connectivity index (χ0) is 15.2. The van der Waals surface area contributed by atoms with Crippen LogP contribution in [0, 0.1) is 29.6 Å². The molecule has 7 unspecified atom stereocenters. The number of ether oxygens (including phenoxy) is 1. The lowest BCUT2D eigenvalue weighted by molar-refractivity contribution is -0.203. The van der Waals surface area contributed by atoms with E-state index in [0.717, 1.165) is 19.3 Å². The highest BCUT2D eigenvalue weighted by Gasteiger charge is 2.79. The summed E-state index contributed by atoms with van der Waals surface area (Å²) in [6.45, 7) is 4.41. The molecular formula is C18H27NO3. The van der Waals surface area contributed by atoms with Crippen molar-refractivity contribution in [3.8, 4) is 0 Å². The van der Waals surface area contributed by atoms with Crippen molar-refractivity contribution in [2.75, 3.05) is 0 Å². The van der Waals surface area contributed by atoms with E-state index in [2.05, 4.69) is 18.7 Å². The van der Waals surface area contributed by atoms with Gasteiger partial charge in [-0.25, -0.2) is 0 Å². The number of amides is 1. The summed E-state index contributed by atoms with van der Waals surface area (Å²) in [5.74, 6) is 1.52. The van der Waals surface area contributed by atoms with Gasteiger partial charge in [0.05, 0.1) is 18.1 Å². The molecule has 5 fully saturated rings. The third kappa shape index (κ3) is 1.32. The molecule has 4 heteroatoms. The third-order valence-corrected chi connectivity index (χ3v) is 7.52. The van der Waals surface area contributed by atoms with Crippen LogP contribution >= 0.6 is 0 Å². The number of carbonyl (C=O) groups is 1. The Labute approximate surface area is 132 Å². The lowest BCUT2D eigenvalue weighted by atomic mass is 9.74. The van der Waals surface area contributed by atoms with Crippen LogP contribution in [0.5, 0.6) is 0 Å². The fraction of sp³-hybridized carbons (Fsp3) is 0.944. The maximum Gasteiger partial charge on any atom is 0.229 e. The predicted octanol–water partition coefficient (Wildman–Crippen LogP) is 2.16. The fourth-order valence-electron chi connectivity index (χ4n) is 6.84. The highest BCUT2D eigenvalue weighted by molar-refractivity contribution is 5.85. The zero-order valence-electron chi connectivity index (χ0n) is 13.6. The maximum absolute atomic E-state index is 13.3. The molecule has 1 N–H and O–H groups in total. The summed E-state index contributed by atoms with van der Waals surface area (Å²) in [5.41, 5.74) is -0.425. The van der Waals surface area contributed by atoms with E-state index in [-0.39, 0.29) is 17.9 Å². The van der Waals surface area contributed by atoms with E-state index in [9.17, 15) is 9.90 Å². The van der Waals surface area contributed by atoms with E-state index in [1.165, 1.54) is 19.3 Å². The topological polar surface area (TPSA) is 49.8 Å². The second-order valence-electron chi connectivity index (χ2n) is 8.59. The van der Waals surface area contributed by atoms with Crippen LogP contribution in [0.25, 0.3) is 0 Å². The summed E-state index contributed by atoms with van der Waals surface area (Å²) < 4.78 is 6.58. The molecular weight excluding hydrogens is 278 g/mol. The SMILES string of the molecule is CC(C)C12OC3C(O)C4CC3C1C4C(=O)N2C1CCCCC1. The summed E-state index contributed by atoms with van der Waals surface area (Å²) in [7, 11) is 0. The monoisotopic (exact) mass is 305 g/mol. The average molecular weight is 305 g/mol. The average Bonchev–Trinajstić information content (AvgIpc) is 3.16. The summed E-state index contributed by atoms with van der Waals surface area (Å²) in [6, 6.07) is 0.365. The van der Waals surface area contributed by atoms with Crippen molar-refractivity contribution in [3.05, 3.63) is 0 Å². The van der Waals surface area contributed by atoms with E-state index in [1.54, 1.807) is 0 Å². The van der Waals surface area contributed by atoms with Gasteiger partial charge in [0.1, 0.15) is 5.72 Å². The molecule has 3 aliphatic carbocycles. The van der Waals surface area contributed by atoms with E-state index < -0.39 is 11.8 Å². The molecule has 0 aromatic rings. The van der Waals surface area contributed by atoms with Crippen molar-refractivity contribution in [1.29, 1.82) is 0 Å². The third-order valence-electron chi connectivity index (χ3n) is 7.52. The van der Waals surface area contributed by atoms with E-state index in [0.29, 0.717) is 29.7 Å². The molecule has 3 saturated carbocycles. The van der Waals surface area contributed by atoms with Crippen LogP contribution in [0.4, 0.5) is 0 Å². The van der Waals surface area contributed by atoms with E-state index in [1.807, 2.05) is 0 Å². The van der Waals surface area contributed by atoms with Crippen LogP contribution < -0.4 is 0 Å². The maximum atomic E-state index is 13.3. The largest absolute Gasteiger partial charge is 0.390 e. The Kier molecular flexibility index (Phi) is 2.68. The Morgan fingerprint density at radius 3 is 2.64 bits per heavy atom. The minimum Gasteiger partial charge on any atom is -0.390 e. The molecule has 5 aliphatic rings. The summed E-state index contributed by atoms with van der Waals surface area (Å²) in [6.07, 6.45) is 6.59. The molecule has 0 aromatic heterocycles. The fourth-order valence-corrected chi connectivity index (χ4v) is 6.84. The molecule has 5 rings (SSSR count). The number of hydrogen-bond donors (Lipinski definition) is 1. The summed E-state index contributed by atoms with van der Waals surface area (Å²) >= 11 is 0. The molecule has 0 radical (unpaired) electrons. The van der Waals surface area contributed by atoms with Crippen molar-refractivity contribution in [3.63, 3.8) is 0 Å². The van der Waals surface area contributed by atoms with Gasteiger partial charge in [-0.2, -0.15) is 0 Å². The van der Waals surface area contributed by atoms with Crippen LogP contribution in [-0.2, 0) is 9.53 Å². The normalized spacial score (nSPS) is 53.3. The smallest absolute Gasteiger partial charge is 0.229 e. The Morgan fingerprint density at radius 2 is 1.95 bits per heavy atom. The van der Waals surface area contributed by atoms with E-state index in [4.69, 9.17) is 4.74 Å². The predicted molar refractivity (Wildman–Crippen MR) is 80.7 cm³/mol. The number of aliphatic hydroxyl groups is 1. The first-order valence-electron chi connectivity index (χ1n) is 9.26. The van der Waals surface area contributed by atoms with Crippen molar-refractivity contribution in [2.45, 2.75) is 76.3 Å². The van der Waals surface area contributed by atoms with Gasteiger partial charge in [0.2, 0.25) is 5.91 Å². The number of fused-ring (bicyclic) bond motifs is 2. The Hall–Kier alpha value is -0.610. The number of rotatable bonds is 2. The van der Waals surface area contributed by atoms with Gasteiger partial charge in [0.25, 0.3) is 0 Å². The number of aliphatic hydroxyl groups excluding tert-OH is 1. The van der Waals surface area contributed by atoms with Gasteiger partial charge in [-0.3, -0.25) is 4.79 Å². The van der Waals surface area contributed by atoms with Gasteiger partial charge >= 0.3 is 0 Å². The molecule has 2 bridgehead atoms. The highest BCUT2D eigenvalue weighted by atomic mass is 16.6. The highest BCUT2D eigenvalue weighted by Crippen LogP contribution is 2.69. The standard InChI is InChI=1S/C18H27NO3/c1-9(2)18-14-12-8-11(15(20)16(12)22-18)13(14)17(21)19(18)10-6-4-3-5-7-10/h9-16,20H,3-8H2,1-2H3. The van der Waals surface area contributed by atoms with Gasteiger partial charge in [0, 0.05) is 17.9 Å². The molecule has 2 saturated heterocycles. The van der Waals surface area contributed by atoms with Crippen molar-refractivity contribution >= 4 is 5.91 Å². The van der Waals surface area contributed by atoms with Gasteiger partial charge < -0.3 is 14.7 Å². The number of hydrogen-bond acceptors (Lipinski definition) is 3. The minimum absolute atomic E-state index is 0.0205. The van der Waals surface area contributed by atoms with E-state index >= 15 is 0 Å². The van der Waals surface area contributed by atoms with Crippen LogP contribution in [-0.4, -0.2) is 39.9 Å². The van der Waals surface area contributed by atoms with Crippen LogP contribution in [0.1, 0.15) is 52.4 Å². The number of carbonyl (C=O) groups excluding carboxylic acids is 1. The second kappa shape index (κ2) is 4.27. The Balaban J connectivity index is 1.61. The molecule has 7 atom stereocenters. The summed E-state index contributed by atoms with van der Waals surface area (Å²) in [5, 5.41) is 10.5. The number of likely N-dealkylation sites (tertiary alicyclic amines) is 1. The van der Waals surface area contributed by atoms with Crippen LogP contribution in [0.15, 0.2) is 0 Å². The first kappa shape index (κ1) is 13.8. The number of nitrogens with zero attached hydrogens (tertiary/aromatic N) is 1. The van der Waals surface area contributed by atoms with Gasteiger partial charge in [0.15, 0.2) is 0 Å². The lowest BCUT2D eigenvalue weighted by Crippen LogP contribution is -2.58. The first-order chi connectivity index (χ1) is 10.6. The molecule has 122 valence electrons. The zero-order valence-corrected chi connectivity index (χ0v) is 13.6. The van der Waals surface area contributed by atoms with Crippen LogP contribution in [0.3, 0.4) is 0 Å². The molecule has 2 aliphatic heterocycles. The first-order valence-corrected chi connectivity index (χ1v) is 9.26. The second-order valence-corrected chi connectivity index (χ2v) is 8.59. The molecule has 0 aromatic carbocycles. The van der Waals surface area contributed by atoms with Crippen molar-refractivity contribution < 1.29 is 14.6 Å². The molecule has 1 amide bonds. The molecule has 2 heterocycles. The lowest BCUT2D eigenvalue weighted by Gasteiger charge is -2.47.